The number of hydrazine groups is 1. The number of carbonyl (C=O) groups is 2. The molecule has 4 N–H and O–H groups in total. The molecule has 0 aliphatic carbocycles. The molecule has 0 rings (SSSR count). The average Bonchev–Trinajstić information content (AvgIpc) is 2.25. The summed E-state index contributed by atoms with van der Waals surface area (Å²) in [7, 11) is 0. The molecule has 0 unspecified atom stereocenters. The van der Waals surface area contributed by atoms with Crippen molar-refractivity contribution in [2.45, 2.75) is 59.0 Å². The molecule has 0 heterocycles. The van der Waals surface area contributed by atoms with Gasteiger partial charge < -0.3 is 10.2 Å². The van der Waals surface area contributed by atoms with Crippen LogP contribution in [0.1, 0.15) is 47.0 Å². The number of nitrogens with one attached hydrogen (secondary N) is 2. The summed E-state index contributed by atoms with van der Waals surface area (Å²) in [4.78, 5) is 22.1. The summed E-state index contributed by atoms with van der Waals surface area (Å²) in [5.74, 6) is -1.32. The van der Waals surface area contributed by atoms with E-state index in [9.17, 15) is 9.59 Å². The van der Waals surface area contributed by atoms with Crippen molar-refractivity contribution in [3.8, 4) is 0 Å². The van der Waals surface area contributed by atoms with Gasteiger partial charge in [-0.05, 0) is 31.1 Å². The zero-order valence-corrected chi connectivity index (χ0v) is 12.1. The van der Waals surface area contributed by atoms with Gasteiger partial charge in [-0.15, -0.1) is 0 Å². The molecule has 0 fully saturated rings. The fraction of sp³-hybridized carbons (Fsp3) is 0.846. The predicted octanol–water partition coefficient (Wildman–Crippen LogP) is 1.47. The summed E-state index contributed by atoms with van der Waals surface area (Å²) < 4.78 is 0. The molecule has 0 saturated heterocycles. The van der Waals surface area contributed by atoms with Crippen molar-refractivity contribution in [2.75, 3.05) is 0 Å². The first-order valence-corrected chi connectivity index (χ1v) is 6.70. The lowest BCUT2D eigenvalue weighted by Gasteiger charge is -2.21. The Morgan fingerprint density at radius 2 is 1.32 bits per heavy atom. The summed E-state index contributed by atoms with van der Waals surface area (Å²) >= 11 is 0. The number of aliphatic carboxylic acids is 2. The van der Waals surface area contributed by atoms with Gasteiger partial charge in [-0.3, -0.25) is 9.59 Å². The molecule has 0 bridgehead atoms. The van der Waals surface area contributed by atoms with Crippen LogP contribution in [0.25, 0.3) is 0 Å². The maximum atomic E-state index is 11.1. The van der Waals surface area contributed by atoms with Gasteiger partial charge in [0.05, 0.1) is 0 Å². The molecule has 0 aromatic heterocycles. The Labute approximate surface area is 114 Å². The quantitative estimate of drug-likeness (QED) is 0.450. The highest BCUT2D eigenvalue weighted by atomic mass is 16.4. The van der Waals surface area contributed by atoms with Crippen LogP contribution in [0.4, 0.5) is 0 Å². The van der Waals surface area contributed by atoms with E-state index in [4.69, 9.17) is 10.2 Å². The first-order valence-electron chi connectivity index (χ1n) is 6.70. The smallest absolute Gasteiger partial charge is 0.322 e. The van der Waals surface area contributed by atoms with E-state index in [-0.39, 0.29) is 5.92 Å². The van der Waals surface area contributed by atoms with Gasteiger partial charge in [0, 0.05) is 0 Å². The third-order valence-electron chi connectivity index (χ3n) is 2.77. The lowest BCUT2D eigenvalue weighted by molar-refractivity contribution is -0.143. The summed E-state index contributed by atoms with van der Waals surface area (Å²) in [6, 6.07) is -1.54. The first kappa shape index (κ1) is 17.9. The molecule has 19 heavy (non-hydrogen) atoms. The Balaban J connectivity index is 4.34. The second-order valence-electron chi connectivity index (χ2n) is 5.67. The van der Waals surface area contributed by atoms with E-state index < -0.39 is 24.0 Å². The summed E-state index contributed by atoms with van der Waals surface area (Å²) in [6.45, 7) is 7.88. The molecule has 0 saturated carbocycles. The third-order valence-corrected chi connectivity index (χ3v) is 2.77. The predicted molar refractivity (Wildman–Crippen MR) is 72.6 cm³/mol. The molecule has 0 radical (unpaired) electrons. The second kappa shape index (κ2) is 8.87. The van der Waals surface area contributed by atoms with Crippen LogP contribution < -0.4 is 10.9 Å². The summed E-state index contributed by atoms with van der Waals surface area (Å²) in [5.41, 5.74) is 5.26. The van der Waals surface area contributed by atoms with Gasteiger partial charge in [0.2, 0.25) is 0 Å². The Morgan fingerprint density at radius 3 is 1.68 bits per heavy atom. The molecule has 0 spiro atoms. The largest absolute Gasteiger partial charge is 0.480 e. The molecular formula is C13H26N2O4. The van der Waals surface area contributed by atoms with Crippen molar-refractivity contribution in [1.82, 2.24) is 10.9 Å². The Hall–Kier alpha value is -1.14. The highest BCUT2D eigenvalue weighted by Gasteiger charge is 2.22. The maximum absolute atomic E-state index is 11.1. The minimum absolute atomic E-state index is 0.217. The van der Waals surface area contributed by atoms with Crippen molar-refractivity contribution in [1.29, 1.82) is 0 Å². The molecule has 0 amide bonds. The molecule has 0 aromatic rings. The number of hydrogen-bond acceptors (Lipinski definition) is 4. The van der Waals surface area contributed by atoms with Gasteiger partial charge in [0.15, 0.2) is 0 Å². The van der Waals surface area contributed by atoms with Crippen LogP contribution >= 0.6 is 0 Å². The van der Waals surface area contributed by atoms with E-state index >= 15 is 0 Å². The van der Waals surface area contributed by atoms with Gasteiger partial charge >= 0.3 is 11.9 Å². The van der Waals surface area contributed by atoms with Crippen LogP contribution in [-0.2, 0) is 9.59 Å². The molecule has 0 aromatic carbocycles. The standard InChI is InChI=1S/C13H26N2O4/c1-8(2)5-6-10(12(16)17)14-15-11(13(18)19)7-9(3)4/h8-11,14-15H,5-7H2,1-4H3,(H,16,17)(H,18,19)/t10-,11-/m0/s1. The number of carboxylic acids is 2. The van der Waals surface area contributed by atoms with E-state index in [2.05, 4.69) is 10.9 Å². The SMILES string of the molecule is CC(C)CC[C@H](NN[C@@H](CC(C)C)C(=O)O)C(=O)O. The lowest BCUT2D eigenvalue weighted by Crippen LogP contribution is -2.52. The molecule has 112 valence electrons. The average molecular weight is 274 g/mol. The van der Waals surface area contributed by atoms with E-state index in [0.717, 1.165) is 6.42 Å². The third kappa shape index (κ3) is 8.56. The first-order chi connectivity index (χ1) is 8.73. The minimum Gasteiger partial charge on any atom is -0.480 e. The normalized spacial score (nSPS) is 14.6. The topological polar surface area (TPSA) is 98.7 Å². The second-order valence-corrected chi connectivity index (χ2v) is 5.67. The highest BCUT2D eigenvalue weighted by molar-refractivity contribution is 5.74. The molecule has 6 heteroatoms. The van der Waals surface area contributed by atoms with Crippen LogP contribution in [0.15, 0.2) is 0 Å². The van der Waals surface area contributed by atoms with E-state index in [1.165, 1.54) is 0 Å². The number of hydrogen-bond donors (Lipinski definition) is 4. The zero-order chi connectivity index (χ0) is 15.0. The summed E-state index contributed by atoms with van der Waals surface area (Å²) in [5, 5.41) is 18.1. The van der Waals surface area contributed by atoms with Crippen LogP contribution in [0.5, 0.6) is 0 Å². The molecular weight excluding hydrogens is 248 g/mol. The van der Waals surface area contributed by atoms with E-state index in [1.54, 1.807) is 0 Å². The van der Waals surface area contributed by atoms with Crippen molar-refractivity contribution < 1.29 is 19.8 Å². The van der Waals surface area contributed by atoms with Crippen molar-refractivity contribution in [3.63, 3.8) is 0 Å². The minimum atomic E-state index is -0.978. The molecule has 0 aliphatic heterocycles. The van der Waals surface area contributed by atoms with Gasteiger partial charge in [0.1, 0.15) is 12.1 Å². The zero-order valence-electron chi connectivity index (χ0n) is 12.1. The van der Waals surface area contributed by atoms with Crippen LogP contribution in [0, 0.1) is 11.8 Å². The van der Waals surface area contributed by atoms with Crippen LogP contribution in [0.3, 0.4) is 0 Å². The maximum Gasteiger partial charge on any atom is 0.322 e. The Morgan fingerprint density at radius 1 is 0.842 bits per heavy atom. The van der Waals surface area contributed by atoms with Gasteiger partial charge in [-0.2, -0.15) is 0 Å². The highest BCUT2D eigenvalue weighted by Crippen LogP contribution is 2.08. The lowest BCUT2D eigenvalue weighted by atomic mass is 10.0. The molecule has 2 atom stereocenters. The van der Waals surface area contributed by atoms with E-state index in [1.807, 2.05) is 27.7 Å². The number of rotatable bonds is 10. The number of carboxylic acid groups (broad SMARTS) is 2. The van der Waals surface area contributed by atoms with Gasteiger partial charge in [0.25, 0.3) is 0 Å². The van der Waals surface area contributed by atoms with Gasteiger partial charge in [-0.25, -0.2) is 10.9 Å². The van der Waals surface area contributed by atoms with Crippen molar-refractivity contribution in [2.24, 2.45) is 11.8 Å². The fourth-order valence-electron chi connectivity index (χ4n) is 1.65. The van der Waals surface area contributed by atoms with E-state index in [0.29, 0.717) is 18.8 Å². The van der Waals surface area contributed by atoms with Crippen molar-refractivity contribution in [3.05, 3.63) is 0 Å². The van der Waals surface area contributed by atoms with Crippen LogP contribution in [0.2, 0.25) is 0 Å². The Kier molecular flexibility index (Phi) is 8.34. The fourth-order valence-corrected chi connectivity index (χ4v) is 1.65. The van der Waals surface area contributed by atoms with Crippen molar-refractivity contribution >= 4 is 11.9 Å². The van der Waals surface area contributed by atoms with Crippen LogP contribution in [-0.4, -0.2) is 34.2 Å². The monoisotopic (exact) mass is 274 g/mol. The van der Waals surface area contributed by atoms with Gasteiger partial charge in [-0.1, -0.05) is 27.7 Å². The summed E-state index contributed by atoms with van der Waals surface area (Å²) in [6.07, 6.45) is 1.68. The Bertz CT molecular complexity index is 292. The molecule has 0 aliphatic rings. The molecule has 6 nitrogen and oxygen atoms in total.